The first-order valence-electron chi connectivity index (χ1n) is 7.09. The number of hydrogen-bond acceptors (Lipinski definition) is 3. The van der Waals surface area contributed by atoms with E-state index in [0.717, 1.165) is 18.6 Å². The molecule has 0 aliphatic carbocycles. The van der Waals surface area contributed by atoms with Gasteiger partial charge in [-0.05, 0) is 37.6 Å². The number of benzene rings is 1. The Kier molecular flexibility index (Phi) is 3.42. The van der Waals surface area contributed by atoms with Crippen LogP contribution in [0.3, 0.4) is 0 Å². The van der Waals surface area contributed by atoms with E-state index >= 15 is 0 Å². The van der Waals surface area contributed by atoms with E-state index in [4.69, 9.17) is 0 Å². The third kappa shape index (κ3) is 2.59. The van der Waals surface area contributed by atoms with Crippen LogP contribution in [0.1, 0.15) is 19.3 Å². The van der Waals surface area contributed by atoms with Crippen LogP contribution in [0.4, 0.5) is 5.69 Å². The highest BCUT2D eigenvalue weighted by molar-refractivity contribution is 5.79. The minimum Gasteiger partial charge on any atom is -0.373 e. The SMILES string of the molecule is CN(CC1CCCCN1)c1ccc2c(c1)ncn2C. The van der Waals surface area contributed by atoms with Crippen LogP contribution < -0.4 is 10.2 Å². The van der Waals surface area contributed by atoms with E-state index in [-0.39, 0.29) is 0 Å². The zero-order valence-corrected chi connectivity index (χ0v) is 11.8. The minimum atomic E-state index is 0.623. The molecule has 2 heterocycles. The van der Waals surface area contributed by atoms with E-state index in [1.165, 1.54) is 30.5 Å². The maximum Gasteiger partial charge on any atom is 0.0955 e. The van der Waals surface area contributed by atoms with E-state index in [2.05, 4.69) is 45.0 Å². The first kappa shape index (κ1) is 12.5. The molecule has 1 atom stereocenters. The number of fused-ring (bicyclic) bond motifs is 1. The molecule has 1 aliphatic heterocycles. The molecule has 0 saturated carbocycles. The van der Waals surface area contributed by atoms with Crippen molar-refractivity contribution in [1.29, 1.82) is 0 Å². The van der Waals surface area contributed by atoms with Crippen LogP contribution in [0.2, 0.25) is 0 Å². The Balaban J connectivity index is 1.75. The Morgan fingerprint density at radius 1 is 1.42 bits per heavy atom. The molecule has 1 fully saturated rings. The number of hydrogen-bond donors (Lipinski definition) is 1. The molecule has 1 aromatic carbocycles. The molecule has 0 spiro atoms. The minimum absolute atomic E-state index is 0.623. The lowest BCUT2D eigenvalue weighted by Crippen LogP contribution is -2.42. The van der Waals surface area contributed by atoms with Crippen molar-refractivity contribution < 1.29 is 0 Å². The molecular weight excluding hydrogens is 236 g/mol. The van der Waals surface area contributed by atoms with Crippen LogP contribution >= 0.6 is 0 Å². The molecular formula is C15H22N4. The third-order valence-electron chi connectivity index (χ3n) is 4.06. The summed E-state index contributed by atoms with van der Waals surface area (Å²) in [6.45, 7) is 2.23. The monoisotopic (exact) mass is 258 g/mol. The van der Waals surface area contributed by atoms with E-state index in [0.29, 0.717) is 6.04 Å². The van der Waals surface area contributed by atoms with Gasteiger partial charge in [0.05, 0.1) is 17.4 Å². The second-order valence-corrected chi connectivity index (χ2v) is 5.56. The van der Waals surface area contributed by atoms with Crippen molar-refractivity contribution in [3.8, 4) is 0 Å². The summed E-state index contributed by atoms with van der Waals surface area (Å²) in [6, 6.07) is 7.14. The van der Waals surface area contributed by atoms with Crippen LogP contribution in [0, 0.1) is 0 Å². The van der Waals surface area contributed by atoms with Gasteiger partial charge in [-0.15, -0.1) is 0 Å². The van der Waals surface area contributed by atoms with Gasteiger partial charge in [-0.1, -0.05) is 6.42 Å². The summed E-state index contributed by atoms with van der Waals surface area (Å²) >= 11 is 0. The van der Waals surface area contributed by atoms with Gasteiger partial charge < -0.3 is 14.8 Å². The first-order chi connectivity index (χ1) is 9.24. The maximum absolute atomic E-state index is 4.43. The highest BCUT2D eigenvalue weighted by Gasteiger charge is 2.15. The van der Waals surface area contributed by atoms with E-state index in [1.54, 1.807) is 0 Å². The lowest BCUT2D eigenvalue weighted by Gasteiger charge is -2.29. The summed E-state index contributed by atoms with van der Waals surface area (Å²) in [6.07, 6.45) is 5.83. The van der Waals surface area contributed by atoms with E-state index < -0.39 is 0 Å². The fourth-order valence-corrected chi connectivity index (χ4v) is 2.88. The number of imidazole rings is 1. The Labute approximate surface area is 114 Å². The number of rotatable bonds is 3. The third-order valence-corrected chi connectivity index (χ3v) is 4.06. The van der Waals surface area contributed by atoms with Gasteiger partial charge in [0.15, 0.2) is 0 Å². The van der Waals surface area contributed by atoms with Crippen molar-refractivity contribution >= 4 is 16.7 Å². The highest BCUT2D eigenvalue weighted by atomic mass is 15.1. The number of piperidine rings is 1. The second-order valence-electron chi connectivity index (χ2n) is 5.56. The van der Waals surface area contributed by atoms with Gasteiger partial charge in [0.2, 0.25) is 0 Å². The van der Waals surface area contributed by atoms with Gasteiger partial charge in [-0.2, -0.15) is 0 Å². The molecule has 19 heavy (non-hydrogen) atoms. The second kappa shape index (κ2) is 5.21. The average molecular weight is 258 g/mol. The van der Waals surface area contributed by atoms with Crippen LogP contribution in [0.25, 0.3) is 11.0 Å². The summed E-state index contributed by atoms with van der Waals surface area (Å²) < 4.78 is 2.06. The van der Waals surface area contributed by atoms with Gasteiger partial charge in [0.1, 0.15) is 0 Å². The van der Waals surface area contributed by atoms with E-state index in [9.17, 15) is 0 Å². The predicted molar refractivity (Wildman–Crippen MR) is 79.6 cm³/mol. The van der Waals surface area contributed by atoms with Gasteiger partial charge in [-0.3, -0.25) is 0 Å². The molecule has 1 aliphatic rings. The fraction of sp³-hybridized carbons (Fsp3) is 0.533. The van der Waals surface area contributed by atoms with Crippen molar-refractivity contribution in [2.75, 3.05) is 25.0 Å². The Hall–Kier alpha value is -1.55. The molecule has 3 rings (SSSR count). The molecule has 1 N–H and O–H groups in total. The molecule has 4 heteroatoms. The maximum atomic E-state index is 4.43. The predicted octanol–water partition coefficient (Wildman–Crippen LogP) is 2.15. The van der Waals surface area contributed by atoms with Gasteiger partial charge in [0.25, 0.3) is 0 Å². The van der Waals surface area contributed by atoms with Crippen molar-refractivity contribution in [2.24, 2.45) is 7.05 Å². The summed E-state index contributed by atoms with van der Waals surface area (Å²) in [7, 11) is 4.20. The highest BCUT2D eigenvalue weighted by Crippen LogP contribution is 2.21. The number of aromatic nitrogens is 2. The standard InChI is InChI=1S/C15H22N4/c1-18(10-12-5-3-4-8-16-12)13-6-7-15-14(9-13)17-11-19(15)2/h6-7,9,11-12,16H,3-5,8,10H2,1-2H3. The average Bonchev–Trinajstić information content (AvgIpc) is 2.81. The summed E-state index contributed by atoms with van der Waals surface area (Å²) in [5.74, 6) is 0. The molecule has 102 valence electrons. The molecule has 1 saturated heterocycles. The van der Waals surface area contributed by atoms with Crippen molar-refractivity contribution in [3.63, 3.8) is 0 Å². The summed E-state index contributed by atoms with van der Waals surface area (Å²) in [5.41, 5.74) is 3.51. The number of nitrogens with zero attached hydrogens (tertiary/aromatic N) is 3. The normalized spacial score (nSPS) is 19.8. The quantitative estimate of drug-likeness (QED) is 0.916. The molecule has 1 aromatic heterocycles. The molecule has 4 nitrogen and oxygen atoms in total. The van der Waals surface area contributed by atoms with Crippen LogP contribution in [-0.4, -0.2) is 35.7 Å². The molecule has 0 bridgehead atoms. The molecule has 0 amide bonds. The number of anilines is 1. The van der Waals surface area contributed by atoms with Crippen LogP contribution in [0.5, 0.6) is 0 Å². The zero-order chi connectivity index (χ0) is 13.2. The van der Waals surface area contributed by atoms with Crippen molar-refractivity contribution in [2.45, 2.75) is 25.3 Å². The Morgan fingerprint density at radius 3 is 3.11 bits per heavy atom. The van der Waals surface area contributed by atoms with Gasteiger partial charge in [-0.25, -0.2) is 4.98 Å². The molecule has 0 radical (unpaired) electrons. The lowest BCUT2D eigenvalue weighted by molar-refractivity contribution is 0.403. The van der Waals surface area contributed by atoms with Crippen molar-refractivity contribution in [1.82, 2.24) is 14.9 Å². The Bertz CT molecular complexity index is 554. The zero-order valence-electron chi connectivity index (χ0n) is 11.8. The topological polar surface area (TPSA) is 33.1 Å². The fourth-order valence-electron chi connectivity index (χ4n) is 2.88. The largest absolute Gasteiger partial charge is 0.373 e. The van der Waals surface area contributed by atoms with Crippen LogP contribution in [-0.2, 0) is 7.05 Å². The van der Waals surface area contributed by atoms with E-state index in [1.807, 2.05) is 13.4 Å². The van der Waals surface area contributed by atoms with Gasteiger partial charge >= 0.3 is 0 Å². The molecule has 1 unspecified atom stereocenters. The first-order valence-corrected chi connectivity index (χ1v) is 7.09. The van der Waals surface area contributed by atoms with Crippen LogP contribution in [0.15, 0.2) is 24.5 Å². The van der Waals surface area contributed by atoms with Crippen molar-refractivity contribution in [3.05, 3.63) is 24.5 Å². The number of likely N-dealkylation sites (N-methyl/N-ethyl adjacent to an activating group) is 1. The summed E-state index contributed by atoms with van der Waals surface area (Å²) in [5, 5.41) is 3.60. The number of nitrogens with one attached hydrogen (secondary N) is 1. The lowest BCUT2D eigenvalue weighted by atomic mass is 10.0. The van der Waals surface area contributed by atoms with Gasteiger partial charge in [0, 0.05) is 32.4 Å². The Morgan fingerprint density at radius 2 is 2.32 bits per heavy atom. The molecule has 2 aromatic rings. The summed E-state index contributed by atoms with van der Waals surface area (Å²) in [4.78, 5) is 6.76. The smallest absolute Gasteiger partial charge is 0.0955 e. The number of aryl methyl sites for hydroxylation is 1.